The van der Waals surface area contributed by atoms with Crippen molar-refractivity contribution in [2.75, 3.05) is 11.9 Å². The van der Waals surface area contributed by atoms with Gasteiger partial charge in [-0.05, 0) is 60.7 Å². The molecule has 1 amide bonds. The molecule has 8 heteroatoms. The number of anilines is 1. The van der Waals surface area contributed by atoms with Crippen LogP contribution in [0.25, 0.3) is 22.4 Å². The molecule has 0 saturated carbocycles. The van der Waals surface area contributed by atoms with Crippen LogP contribution in [0.15, 0.2) is 77.7 Å². The normalized spacial score (nSPS) is 11.2. The molecular weight excluding hydrogens is 424 g/mol. The highest BCUT2D eigenvalue weighted by Gasteiger charge is 2.14. The Morgan fingerprint density at radius 2 is 1.72 bits per heavy atom. The molecule has 4 aromatic rings. The monoisotopic (exact) mass is 444 g/mol. The number of terminal acetylenes is 1. The Kier molecular flexibility index (Phi) is 5.77. The largest absolute Gasteiger partial charge is 0.327 e. The fourth-order valence-electron chi connectivity index (χ4n) is 3.32. The first kappa shape index (κ1) is 21.3. The number of hydrogen-bond acceptors (Lipinski definition) is 4. The predicted molar refractivity (Wildman–Crippen MR) is 125 cm³/mol. The first-order chi connectivity index (χ1) is 15.4. The van der Waals surface area contributed by atoms with Crippen molar-refractivity contribution in [1.82, 2.24) is 14.3 Å². The number of imidazole rings is 1. The number of nitrogens with zero attached hydrogens (tertiary/aromatic N) is 2. The molecule has 0 bridgehead atoms. The zero-order valence-electron chi connectivity index (χ0n) is 17.2. The van der Waals surface area contributed by atoms with Crippen LogP contribution in [0.1, 0.15) is 10.4 Å². The highest BCUT2D eigenvalue weighted by atomic mass is 32.2. The third-order valence-corrected chi connectivity index (χ3v) is 6.40. The molecule has 0 radical (unpaired) electrons. The quantitative estimate of drug-likeness (QED) is 0.446. The van der Waals surface area contributed by atoms with Gasteiger partial charge in [-0.25, -0.2) is 13.4 Å². The smallest absolute Gasteiger partial charge is 0.255 e. The van der Waals surface area contributed by atoms with E-state index in [1.165, 1.54) is 24.3 Å². The molecule has 2 N–H and O–H groups in total. The maximum Gasteiger partial charge on any atom is 0.255 e. The van der Waals surface area contributed by atoms with Gasteiger partial charge in [0, 0.05) is 23.9 Å². The molecule has 0 aliphatic carbocycles. The number of nitrogens with one attached hydrogen (secondary N) is 2. The number of sulfonamides is 1. The standard InChI is InChI=1S/C24H20N4O3S/c1-3-16-25-32(30,31)20-14-10-18(11-15-20)24(29)26-19-12-8-17(9-13-19)23-27-21-6-4-5-7-22(21)28(23)2/h1,4-15,25H,16H2,2H3,(H,26,29). The lowest BCUT2D eigenvalue weighted by molar-refractivity contribution is 0.102. The van der Waals surface area contributed by atoms with Gasteiger partial charge in [0.25, 0.3) is 5.91 Å². The van der Waals surface area contributed by atoms with E-state index in [-0.39, 0.29) is 17.3 Å². The molecule has 0 fully saturated rings. The van der Waals surface area contributed by atoms with Crippen molar-refractivity contribution >= 4 is 32.7 Å². The van der Waals surface area contributed by atoms with Gasteiger partial charge in [0.1, 0.15) is 5.82 Å². The molecule has 1 heterocycles. The number of para-hydroxylation sites is 2. The Bertz CT molecular complexity index is 1430. The van der Waals surface area contributed by atoms with Crippen LogP contribution in [-0.4, -0.2) is 30.4 Å². The summed E-state index contributed by atoms with van der Waals surface area (Å²) in [6.45, 7) is -0.102. The number of carbonyl (C=O) groups is 1. The van der Waals surface area contributed by atoms with Crippen molar-refractivity contribution < 1.29 is 13.2 Å². The summed E-state index contributed by atoms with van der Waals surface area (Å²) in [6.07, 6.45) is 5.08. The van der Waals surface area contributed by atoms with Crippen LogP contribution in [0.3, 0.4) is 0 Å². The van der Waals surface area contributed by atoms with Gasteiger partial charge in [-0.3, -0.25) is 4.79 Å². The highest BCUT2D eigenvalue weighted by Crippen LogP contribution is 2.25. The number of aromatic nitrogens is 2. The Morgan fingerprint density at radius 1 is 1.03 bits per heavy atom. The predicted octanol–water partition coefficient (Wildman–Crippen LogP) is 3.40. The Labute approximate surface area is 186 Å². The molecule has 160 valence electrons. The van der Waals surface area contributed by atoms with Gasteiger partial charge >= 0.3 is 0 Å². The van der Waals surface area contributed by atoms with E-state index in [0.29, 0.717) is 11.3 Å². The molecule has 3 aromatic carbocycles. The van der Waals surface area contributed by atoms with Gasteiger partial charge in [0.15, 0.2) is 0 Å². The molecule has 0 atom stereocenters. The number of amides is 1. The lowest BCUT2D eigenvalue weighted by Crippen LogP contribution is -2.24. The van der Waals surface area contributed by atoms with E-state index in [1.54, 1.807) is 12.1 Å². The minimum atomic E-state index is -3.70. The van der Waals surface area contributed by atoms with Crippen molar-refractivity contribution in [3.05, 3.63) is 78.4 Å². The molecule has 7 nitrogen and oxygen atoms in total. The number of rotatable bonds is 6. The first-order valence-corrected chi connectivity index (χ1v) is 11.2. The summed E-state index contributed by atoms with van der Waals surface area (Å²) in [5, 5.41) is 2.81. The van der Waals surface area contributed by atoms with Gasteiger partial charge < -0.3 is 9.88 Å². The van der Waals surface area contributed by atoms with E-state index in [9.17, 15) is 13.2 Å². The minimum absolute atomic E-state index is 0.0381. The van der Waals surface area contributed by atoms with E-state index in [4.69, 9.17) is 6.42 Å². The summed E-state index contributed by atoms with van der Waals surface area (Å²) >= 11 is 0. The third-order valence-electron chi connectivity index (χ3n) is 4.98. The van der Waals surface area contributed by atoms with Crippen LogP contribution in [-0.2, 0) is 17.1 Å². The summed E-state index contributed by atoms with van der Waals surface area (Å²) in [5.41, 5.74) is 3.84. The van der Waals surface area contributed by atoms with Crippen molar-refractivity contribution in [2.45, 2.75) is 4.90 Å². The van der Waals surface area contributed by atoms with Crippen LogP contribution < -0.4 is 10.0 Å². The van der Waals surface area contributed by atoms with Gasteiger partial charge in [0.05, 0.1) is 22.5 Å². The van der Waals surface area contributed by atoms with Crippen LogP contribution in [0, 0.1) is 12.3 Å². The average Bonchev–Trinajstić information content (AvgIpc) is 3.15. The molecule has 1 aromatic heterocycles. The second-order valence-electron chi connectivity index (χ2n) is 7.07. The lowest BCUT2D eigenvalue weighted by Gasteiger charge is -2.08. The number of carbonyl (C=O) groups excluding carboxylic acids is 1. The topological polar surface area (TPSA) is 93.1 Å². The fourth-order valence-corrected chi connectivity index (χ4v) is 4.25. The molecule has 0 unspecified atom stereocenters. The summed E-state index contributed by atoms with van der Waals surface area (Å²) in [4.78, 5) is 17.3. The van der Waals surface area contributed by atoms with Gasteiger partial charge in [-0.2, -0.15) is 4.72 Å². The fraction of sp³-hybridized carbons (Fsp3) is 0.0833. The van der Waals surface area contributed by atoms with Gasteiger partial charge in [0.2, 0.25) is 10.0 Å². The van der Waals surface area contributed by atoms with Crippen LogP contribution in [0.5, 0.6) is 0 Å². The summed E-state index contributed by atoms with van der Waals surface area (Å²) < 4.78 is 28.5. The average molecular weight is 445 g/mol. The van der Waals surface area contributed by atoms with Crippen molar-refractivity contribution in [2.24, 2.45) is 7.05 Å². The van der Waals surface area contributed by atoms with Crippen molar-refractivity contribution in [1.29, 1.82) is 0 Å². The third kappa shape index (κ3) is 4.25. The zero-order valence-corrected chi connectivity index (χ0v) is 18.1. The Hall–Kier alpha value is -3.93. The number of benzene rings is 3. The Balaban J connectivity index is 1.48. The van der Waals surface area contributed by atoms with Crippen LogP contribution in [0.4, 0.5) is 5.69 Å². The first-order valence-electron chi connectivity index (χ1n) is 9.75. The summed E-state index contributed by atoms with van der Waals surface area (Å²) in [5.74, 6) is 2.70. The van der Waals surface area contributed by atoms with Crippen molar-refractivity contribution in [3.8, 4) is 23.7 Å². The van der Waals surface area contributed by atoms with E-state index in [2.05, 4.69) is 20.9 Å². The van der Waals surface area contributed by atoms with Crippen LogP contribution in [0.2, 0.25) is 0 Å². The molecule has 32 heavy (non-hydrogen) atoms. The number of aryl methyl sites for hydroxylation is 1. The molecular formula is C24H20N4O3S. The van der Waals surface area contributed by atoms with Gasteiger partial charge in [-0.15, -0.1) is 6.42 Å². The maximum atomic E-state index is 12.6. The van der Waals surface area contributed by atoms with E-state index in [0.717, 1.165) is 22.4 Å². The SMILES string of the molecule is C#CCNS(=O)(=O)c1ccc(C(=O)Nc2ccc(-c3nc4ccccc4n3C)cc2)cc1. The number of hydrogen-bond donors (Lipinski definition) is 2. The summed E-state index contributed by atoms with van der Waals surface area (Å²) in [6, 6.07) is 20.9. The highest BCUT2D eigenvalue weighted by molar-refractivity contribution is 7.89. The second kappa shape index (κ2) is 8.67. The minimum Gasteiger partial charge on any atom is -0.327 e. The molecule has 0 aliphatic heterocycles. The molecule has 0 aliphatic rings. The molecule has 4 rings (SSSR count). The second-order valence-corrected chi connectivity index (χ2v) is 8.83. The van der Waals surface area contributed by atoms with E-state index < -0.39 is 10.0 Å². The van der Waals surface area contributed by atoms with Gasteiger partial charge in [-0.1, -0.05) is 18.1 Å². The van der Waals surface area contributed by atoms with E-state index >= 15 is 0 Å². The lowest BCUT2D eigenvalue weighted by atomic mass is 10.1. The summed E-state index contributed by atoms with van der Waals surface area (Å²) in [7, 11) is -1.74. The Morgan fingerprint density at radius 3 is 2.38 bits per heavy atom. The molecule has 0 saturated heterocycles. The molecule has 0 spiro atoms. The number of fused-ring (bicyclic) bond motifs is 1. The van der Waals surface area contributed by atoms with Crippen molar-refractivity contribution in [3.63, 3.8) is 0 Å². The van der Waals surface area contributed by atoms with E-state index in [1.807, 2.05) is 48.0 Å². The van der Waals surface area contributed by atoms with Crippen LogP contribution >= 0.6 is 0 Å². The maximum absolute atomic E-state index is 12.6. The zero-order chi connectivity index (χ0) is 22.7.